The molecular weight excluding hydrogens is 294 g/mol. The summed E-state index contributed by atoms with van der Waals surface area (Å²) in [6.45, 7) is 0. The van der Waals surface area contributed by atoms with Crippen molar-refractivity contribution in [1.82, 2.24) is 15.0 Å². The summed E-state index contributed by atoms with van der Waals surface area (Å²) in [4.78, 5) is 10.7. The summed E-state index contributed by atoms with van der Waals surface area (Å²) >= 11 is 0. The number of hydrogen-bond donors (Lipinski definition) is 3. The van der Waals surface area contributed by atoms with Crippen molar-refractivity contribution in [3.05, 3.63) is 47.4 Å². The molecule has 0 amide bonds. The van der Waals surface area contributed by atoms with E-state index in [1.165, 1.54) is 19.6 Å². The number of ether oxygens (including phenoxy) is 1. The van der Waals surface area contributed by atoms with Crippen LogP contribution in [0.5, 0.6) is 5.88 Å². The minimum absolute atomic E-state index is 0.185. The van der Waals surface area contributed by atoms with Crippen LogP contribution in [0.1, 0.15) is 17.2 Å². The van der Waals surface area contributed by atoms with Crippen molar-refractivity contribution in [2.24, 2.45) is 0 Å². The Morgan fingerprint density at radius 2 is 2.09 bits per heavy atom. The van der Waals surface area contributed by atoms with Gasteiger partial charge in [-0.25, -0.2) is 18.7 Å². The number of halogens is 2. The fraction of sp³-hybridized carbons (Fsp3) is 0.143. The van der Waals surface area contributed by atoms with Gasteiger partial charge >= 0.3 is 0 Å². The third-order valence-corrected chi connectivity index (χ3v) is 3.38. The molecule has 0 saturated carbocycles. The Kier molecular flexibility index (Phi) is 3.38. The number of H-pyrrole nitrogens is 1. The number of nitrogens with two attached hydrogens (primary N) is 1. The summed E-state index contributed by atoms with van der Waals surface area (Å²) in [5, 5.41) is 10.8. The maximum Gasteiger partial charge on any atom is 0.226 e. The highest BCUT2D eigenvalue weighted by Gasteiger charge is 2.25. The summed E-state index contributed by atoms with van der Waals surface area (Å²) in [6, 6.07) is 2.10. The Bertz CT molecular complexity index is 850. The fourth-order valence-electron chi connectivity index (χ4n) is 2.32. The number of aromatic nitrogens is 3. The molecule has 3 rings (SSSR count). The molecule has 114 valence electrons. The van der Waals surface area contributed by atoms with E-state index in [2.05, 4.69) is 15.0 Å². The zero-order chi connectivity index (χ0) is 15.9. The predicted molar refractivity (Wildman–Crippen MR) is 75.3 cm³/mol. The zero-order valence-corrected chi connectivity index (χ0v) is 11.5. The molecule has 0 fully saturated rings. The first-order chi connectivity index (χ1) is 10.5. The van der Waals surface area contributed by atoms with Crippen molar-refractivity contribution in [2.75, 3.05) is 12.8 Å². The minimum atomic E-state index is -1.59. The van der Waals surface area contributed by atoms with Gasteiger partial charge < -0.3 is 20.6 Å². The third kappa shape index (κ3) is 2.04. The topological polar surface area (TPSA) is 97.0 Å². The van der Waals surface area contributed by atoms with Gasteiger partial charge in [-0.05, 0) is 12.1 Å². The van der Waals surface area contributed by atoms with Crippen LogP contribution in [0, 0.1) is 11.6 Å². The standard InChI is InChI=1S/C14H12F2N4O2/c1-22-14-9-6(4-18-13(9)19-5-20-14)12(21)10-7(15)2-3-8(17)11(10)16/h2-5,12,21H,17H2,1H3,(H,18,19,20). The van der Waals surface area contributed by atoms with Crippen molar-refractivity contribution in [2.45, 2.75) is 6.10 Å². The lowest BCUT2D eigenvalue weighted by Gasteiger charge is -2.14. The molecule has 1 atom stereocenters. The van der Waals surface area contributed by atoms with Crippen molar-refractivity contribution >= 4 is 16.7 Å². The van der Waals surface area contributed by atoms with Crippen LogP contribution in [-0.2, 0) is 0 Å². The molecule has 0 bridgehead atoms. The molecule has 2 heterocycles. The molecule has 0 aliphatic carbocycles. The Morgan fingerprint density at radius 1 is 1.32 bits per heavy atom. The monoisotopic (exact) mass is 306 g/mol. The van der Waals surface area contributed by atoms with Gasteiger partial charge in [0.05, 0.1) is 23.7 Å². The van der Waals surface area contributed by atoms with Gasteiger partial charge in [-0.3, -0.25) is 0 Å². The van der Waals surface area contributed by atoms with E-state index in [9.17, 15) is 13.9 Å². The van der Waals surface area contributed by atoms with E-state index in [0.29, 0.717) is 11.0 Å². The lowest BCUT2D eigenvalue weighted by molar-refractivity contribution is 0.210. The Labute approximate surface area is 123 Å². The number of anilines is 1. The average Bonchev–Trinajstić information content (AvgIpc) is 2.95. The second-order valence-corrected chi connectivity index (χ2v) is 4.62. The van der Waals surface area contributed by atoms with Gasteiger partial charge in [0.15, 0.2) is 5.82 Å². The lowest BCUT2D eigenvalue weighted by Crippen LogP contribution is -2.08. The second-order valence-electron chi connectivity index (χ2n) is 4.62. The van der Waals surface area contributed by atoms with E-state index < -0.39 is 23.3 Å². The molecule has 1 unspecified atom stereocenters. The van der Waals surface area contributed by atoms with Crippen molar-refractivity contribution < 1.29 is 18.6 Å². The van der Waals surface area contributed by atoms with Gasteiger partial charge in [0, 0.05) is 11.8 Å². The van der Waals surface area contributed by atoms with Gasteiger partial charge in [-0.2, -0.15) is 0 Å². The van der Waals surface area contributed by atoms with Crippen LogP contribution in [0.15, 0.2) is 24.7 Å². The van der Waals surface area contributed by atoms with Crippen LogP contribution in [0.4, 0.5) is 14.5 Å². The number of nitrogens with zero attached hydrogens (tertiary/aromatic N) is 2. The smallest absolute Gasteiger partial charge is 0.226 e. The largest absolute Gasteiger partial charge is 0.480 e. The van der Waals surface area contributed by atoms with E-state index in [1.807, 2.05) is 0 Å². The van der Waals surface area contributed by atoms with Crippen LogP contribution in [0.2, 0.25) is 0 Å². The lowest BCUT2D eigenvalue weighted by atomic mass is 10.00. The van der Waals surface area contributed by atoms with Gasteiger partial charge in [0.2, 0.25) is 5.88 Å². The molecule has 1 aromatic carbocycles. The van der Waals surface area contributed by atoms with Crippen LogP contribution in [-0.4, -0.2) is 27.2 Å². The normalized spacial score (nSPS) is 12.5. The molecule has 0 aliphatic heterocycles. The minimum Gasteiger partial charge on any atom is -0.480 e. The van der Waals surface area contributed by atoms with Gasteiger partial charge in [-0.15, -0.1) is 0 Å². The van der Waals surface area contributed by atoms with Crippen LogP contribution < -0.4 is 10.5 Å². The molecule has 0 aliphatic rings. The molecule has 8 heteroatoms. The van der Waals surface area contributed by atoms with E-state index in [4.69, 9.17) is 10.5 Å². The van der Waals surface area contributed by atoms with Gasteiger partial charge in [0.1, 0.15) is 23.9 Å². The number of fused-ring (bicyclic) bond motifs is 1. The summed E-state index contributed by atoms with van der Waals surface area (Å²) < 4.78 is 33.1. The number of hydrogen-bond acceptors (Lipinski definition) is 5. The van der Waals surface area contributed by atoms with E-state index in [0.717, 1.165) is 12.1 Å². The van der Waals surface area contributed by atoms with Crippen molar-refractivity contribution in [3.8, 4) is 5.88 Å². The van der Waals surface area contributed by atoms with E-state index >= 15 is 0 Å². The maximum absolute atomic E-state index is 14.1. The molecule has 0 radical (unpaired) electrons. The summed E-state index contributed by atoms with van der Waals surface area (Å²) in [5.41, 5.74) is 5.22. The number of benzene rings is 1. The van der Waals surface area contributed by atoms with Crippen molar-refractivity contribution in [1.29, 1.82) is 0 Å². The number of aliphatic hydroxyl groups excluding tert-OH is 1. The fourth-order valence-corrected chi connectivity index (χ4v) is 2.32. The second kappa shape index (κ2) is 5.23. The summed E-state index contributed by atoms with van der Waals surface area (Å²) in [6.07, 6.45) is 1.08. The maximum atomic E-state index is 14.1. The first-order valence-electron chi connectivity index (χ1n) is 6.32. The molecular formula is C14H12F2N4O2. The Hall–Kier alpha value is -2.74. The third-order valence-electron chi connectivity index (χ3n) is 3.38. The number of methoxy groups -OCH3 is 1. The van der Waals surface area contributed by atoms with Gasteiger partial charge in [0.25, 0.3) is 0 Å². The first-order valence-corrected chi connectivity index (χ1v) is 6.32. The molecule has 22 heavy (non-hydrogen) atoms. The highest BCUT2D eigenvalue weighted by Crippen LogP contribution is 2.35. The number of aliphatic hydroxyl groups is 1. The van der Waals surface area contributed by atoms with Crippen LogP contribution >= 0.6 is 0 Å². The number of aromatic amines is 1. The van der Waals surface area contributed by atoms with E-state index in [1.54, 1.807) is 0 Å². The molecule has 4 N–H and O–H groups in total. The molecule has 0 saturated heterocycles. The first kappa shape index (κ1) is 14.2. The highest BCUT2D eigenvalue weighted by molar-refractivity contribution is 5.85. The summed E-state index contributed by atoms with van der Waals surface area (Å²) in [5.74, 6) is -1.72. The average molecular weight is 306 g/mol. The molecule has 0 spiro atoms. The Morgan fingerprint density at radius 3 is 2.82 bits per heavy atom. The van der Waals surface area contributed by atoms with E-state index in [-0.39, 0.29) is 17.1 Å². The SMILES string of the molecule is COc1ncnc2[nH]cc(C(O)c3c(F)ccc(N)c3F)c12. The highest BCUT2D eigenvalue weighted by atomic mass is 19.1. The quantitative estimate of drug-likeness (QED) is 0.642. The molecule has 6 nitrogen and oxygen atoms in total. The number of nitrogen functional groups attached to an aromatic ring is 1. The van der Waals surface area contributed by atoms with Crippen molar-refractivity contribution in [3.63, 3.8) is 0 Å². The zero-order valence-electron chi connectivity index (χ0n) is 11.5. The molecule has 2 aromatic heterocycles. The number of rotatable bonds is 3. The van der Waals surface area contributed by atoms with Gasteiger partial charge in [-0.1, -0.05) is 0 Å². The van der Waals surface area contributed by atoms with Crippen LogP contribution in [0.25, 0.3) is 11.0 Å². The Balaban J connectivity index is 2.22. The molecule has 3 aromatic rings. The summed E-state index contributed by atoms with van der Waals surface area (Å²) in [7, 11) is 1.40. The van der Waals surface area contributed by atoms with Crippen LogP contribution in [0.3, 0.4) is 0 Å². The predicted octanol–water partition coefficient (Wildman–Crippen LogP) is 1.91. The number of nitrogens with one attached hydrogen (secondary N) is 1.